The highest BCUT2D eigenvalue weighted by molar-refractivity contribution is 5.87. The molecular formula is C26H26N2O3. The van der Waals surface area contributed by atoms with E-state index in [4.69, 9.17) is 5.11 Å². The zero-order valence-corrected chi connectivity index (χ0v) is 17.3. The Morgan fingerprint density at radius 2 is 1.55 bits per heavy atom. The molecule has 0 saturated heterocycles. The molecule has 3 aromatic rings. The van der Waals surface area contributed by atoms with E-state index >= 15 is 0 Å². The first-order valence-electron chi connectivity index (χ1n) is 10.6. The Balaban J connectivity index is 1.51. The lowest BCUT2D eigenvalue weighted by Crippen LogP contribution is -2.49. The van der Waals surface area contributed by atoms with Gasteiger partial charge in [-0.15, -0.1) is 0 Å². The average Bonchev–Trinajstić information content (AvgIpc) is 2.82. The van der Waals surface area contributed by atoms with Crippen LogP contribution in [0.4, 0.5) is 0 Å². The van der Waals surface area contributed by atoms with Crippen molar-refractivity contribution in [2.75, 3.05) is 6.54 Å². The number of aromatic carboxylic acids is 1. The first-order valence-corrected chi connectivity index (χ1v) is 10.6. The molecule has 31 heavy (non-hydrogen) atoms. The molecule has 158 valence electrons. The summed E-state index contributed by atoms with van der Waals surface area (Å²) in [4.78, 5) is 26.5. The van der Waals surface area contributed by atoms with E-state index in [1.165, 1.54) is 16.7 Å². The van der Waals surface area contributed by atoms with Crippen LogP contribution in [0.1, 0.15) is 32.6 Å². The van der Waals surface area contributed by atoms with Gasteiger partial charge in [-0.1, -0.05) is 66.7 Å². The number of nitrogens with zero attached hydrogens (tertiary/aromatic N) is 1. The Labute approximate surface area is 182 Å². The number of nitrogens with one attached hydrogen (secondary N) is 1. The quantitative estimate of drug-likeness (QED) is 0.619. The van der Waals surface area contributed by atoms with Crippen LogP contribution < -0.4 is 5.32 Å². The summed E-state index contributed by atoms with van der Waals surface area (Å²) in [5.74, 6) is -0.874. The minimum Gasteiger partial charge on any atom is -0.478 e. The van der Waals surface area contributed by atoms with Crippen molar-refractivity contribution in [2.24, 2.45) is 0 Å². The number of benzene rings is 3. The molecule has 0 aliphatic carbocycles. The average molecular weight is 415 g/mol. The smallest absolute Gasteiger partial charge is 0.335 e. The third-order valence-electron chi connectivity index (χ3n) is 5.78. The molecule has 2 N–H and O–H groups in total. The maximum Gasteiger partial charge on any atom is 0.335 e. The number of carboxylic acid groups (broad SMARTS) is 1. The monoisotopic (exact) mass is 414 g/mol. The van der Waals surface area contributed by atoms with Crippen molar-refractivity contribution in [3.63, 3.8) is 0 Å². The van der Waals surface area contributed by atoms with Gasteiger partial charge in [0.25, 0.3) is 0 Å². The van der Waals surface area contributed by atoms with Crippen LogP contribution in [0.3, 0.4) is 0 Å². The predicted molar refractivity (Wildman–Crippen MR) is 120 cm³/mol. The number of carbonyl (C=O) groups excluding carboxylic acids is 1. The van der Waals surface area contributed by atoms with Crippen LogP contribution in [-0.2, 0) is 30.7 Å². The standard InChI is InChI=1S/C26H26N2O3/c29-25(24-16-22-8-4-5-9-23(22)17-27-24)28(15-14-19-6-2-1-3-7-19)18-20-10-12-21(13-11-20)26(30)31/h1-13,24,27H,14-18H2,(H,30,31). The molecule has 0 radical (unpaired) electrons. The number of hydrogen-bond donors (Lipinski definition) is 2. The maximum atomic E-state index is 13.5. The Morgan fingerprint density at radius 1 is 0.871 bits per heavy atom. The lowest BCUT2D eigenvalue weighted by molar-refractivity contribution is -0.134. The van der Waals surface area contributed by atoms with Crippen LogP contribution in [0.15, 0.2) is 78.9 Å². The molecule has 0 spiro atoms. The van der Waals surface area contributed by atoms with E-state index < -0.39 is 5.97 Å². The molecule has 5 nitrogen and oxygen atoms in total. The van der Waals surface area contributed by atoms with Crippen LogP contribution >= 0.6 is 0 Å². The van der Waals surface area contributed by atoms with Gasteiger partial charge >= 0.3 is 5.97 Å². The zero-order chi connectivity index (χ0) is 21.6. The fourth-order valence-electron chi connectivity index (χ4n) is 4.00. The Bertz CT molecular complexity index is 1050. The number of rotatable bonds is 7. The van der Waals surface area contributed by atoms with Crippen molar-refractivity contribution in [2.45, 2.75) is 32.0 Å². The highest BCUT2D eigenvalue weighted by Crippen LogP contribution is 2.19. The molecule has 1 aliphatic heterocycles. The molecule has 1 amide bonds. The van der Waals surface area contributed by atoms with Crippen LogP contribution in [0.25, 0.3) is 0 Å². The summed E-state index contributed by atoms with van der Waals surface area (Å²) >= 11 is 0. The summed E-state index contributed by atoms with van der Waals surface area (Å²) < 4.78 is 0. The minimum absolute atomic E-state index is 0.0766. The number of amides is 1. The SMILES string of the molecule is O=C(O)c1ccc(CN(CCc2ccccc2)C(=O)C2Cc3ccccc3CN2)cc1. The Hall–Kier alpha value is -3.44. The third kappa shape index (κ3) is 5.19. The molecule has 3 aromatic carbocycles. The van der Waals surface area contributed by atoms with E-state index in [1.807, 2.05) is 35.2 Å². The van der Waals surface area contributed by atoms with E-state index in [9.17, 15) is 9.59 Å². The second-order valence-electron chi connectivity index (χ2n) is 7.90. The van der Waals surface area contributed by atoms with Gasteiger partial charge < -0.3 is 15.3 Å². The predicted octanol–water partition coefficient (Wildman–Crippen LogP) is 3.67. The highest BCUT2D eigenvalue weighted by Gasteiger charge is 2.28. The van der Waals surface area contributed by atoms with Gasteiger partial charge in [0.1, 0.15) is 0 Å². The van der Waals surface area contributed by atoms with Crippen molar-refractivity contribution in [1.82, 2.24) is 10.2 Å². The summed E-state index contributed by atoms with van der Waals surface area (Å²) in [6.07, 6.45) is 1.44. The molecule has 5 heteroatoms. The van der Waals surface area contributed by atoms with Crippen molar-refractivity contribution < 1.29 is 14.7 Å². The van der Waals surface area contributed by atoms with Crippen molar-refractivity contribution in [1.29, 1.82) is 0 Å². The van der Waals surface area contributed by atoms with Crippen LogP contribution in [-0.4, -0.2) is 34.5 Å². The van der Waals surface area contributed by atoms with E-state index in [0.717, 1.165) is 12.0 Å². The lowest BCUT2D eigenvalue weighted by Gasteiger charge is -2.31. The third-order valence-corrected chi connectivity index (χ3v) is 5.78. The van der Waals surface area contributed by atoms with Gasteiger partial charge in [-0.05, 0) is 47.2 Å². The van der Waals surface area contributed by atoms with Gasteiger partial charge in [-0.3, -0.25) is 4.79 Å². The summed E-state index contributed by atoms with van der Waals surface area (Å²) in [5.41, 5.74) is 4.81. The highest BCUT2D eigenvalue weighted by atomic mass is 16.4. The number of carboxylic acids is 1. The number of fused-ring (bicyclic) bond motifs is 1. The Morgan fingerprint density at radius 3 is 2.26 bits per heavy atom. The van der Waals surface area contributed by atoms with Crippen molar-refractivity contribution in [3.05, 3.63) is 107 Å². The van der Waals surface area contributed by atoms with Crippen LogP contribution in [0, 0.1) is 0 Å². The van der Waals surface area contributed by atoms with E-state index in [2.05, 4.69) is 29.6 Å². The largest absolute Gasteiger partial charge is 0.478 e. The van der Waals surface area contributed by atoms with E-state index in [-0.39, 0.29) is 17.5 Å². The molecule has 1 heterocycles. The normalized spacial score (nSPS) is 15.2. The second-order valence-corrected chi connectivity index (χ2v) is 7.90. The summed E-state index contributed by atoms with van der Waals surface area (Å²) in [5, 5.41) is 12.5. The van der Waals surface area contributed by atoms with E-state index in [1.54, 1.807) is 24.3 Å². The van der Waals surface area contributed by atoms with Gasteiger partial charge in [0, 0.05) is 19.6 Å². The van der Waals surface area contributed by atoms with Gasteiger partial charge in [-0.25, -0.2) is 4.79 Å². The van der Waals surface area contributed by atoms with Crippen LogP contribution in [0.5, 0.6) is 0 Å². The summed E-state index contributed by atoms with van der Waals surface area (Å²) in [6.45, 7) is 1.74. The molecule has 0 aromatic heterocycles. The fourth-order valence-corrected chi connectivity index (χ4v) is 4.00. The van der Waals surface area contributed by atoms with Crippen molar-refractivity contribution in [3.8, 4) is 0 Å². The number of hydrogen-bond acceptors (Lipinski definition) is 3. The van der Waals surface area contributed by atoms with Crippen LogP contribution in [0.2, 0.25) is 0 Å². The van der Waals surface area contributed by atoms with Gasteiger partial charge in [0.15, 0.2) is 0 Å². The second kappa shape index (κ2) is 9.58. The molecular weight excluding hydrogens is 388 g/mol. The molecule has 1 atom stereocenters. The maximum absolute atomic E-state index is 13.5. The Kier molecular flexibility index (Phi) is 6.43. The first-order chi connectivity index (χ1) is 15.1. The molecule has 4 rings (SSSR count). The van der Waals surface area contributed by atoms with Gasteiger partial charge in [0.2, 0.25) is 5.91 Å². The first kappa shape index (κ1) is 20.8. The zero-order valence-electron chi connectivity index (χ0n) is 17.3. The lowest BCUT2D eigenvalue weighted by atomic mass is 9.95. The van der Waals surface area contributed by atoms with E-state index in [0.29, 0.717) is 26.1 Å². The fraction of sp³-hybridized carbons (Fsp3) is 0.231. The molecule has 0 saturated carbocycles. The molecule has 1 unspecified atom stereocenters. The van der Waals surface area contributed by atoms with Crippen molar-refractivity contribution >= 4 is 11.9 Å². The number of carbonyl (C=O) groups is 2. The summed E-state index contributed by atoms with van der Waals surface area (Å²) in [6, 6.07) is 24.9. The topological polar surface area (TPSA) is 69.6 Å². The van der Waals surface area contributed by atoms with Gasteiger partial charge in [-0.2, -0.15) is 0 Å². The molecule has 1 aliphatic rings. The summed E-state index contributed by atoms with van der Waals surface area (Å²) in [7, 11) is 0. The molecule has 0 bridgehead atoms. The molecule has 0 fully saturated rings. The van der Waals surface area contributed by atoms with Gasteiger partial charge in [0.05, 0.1) is 11.6 Å². The minimum atomic E-state index is -0.950.